The fourth-order valence-corrected chi connectivity index (χ4v) is 1.69. The van der Waals surface area contributed by atoms with Gasteiger partial charge in [-0.1, -0.05) is 20.3 Å². The van der Waals surface area contributed by atoms with Crippen LogP contribution in [-0.4, -0.2) is 24.5 Å². The molecule has 0 aromatic rings. The zero-order valence-corrected chi connectivity index (χ0v) is 7.43. The average molecular weight is 141 g/mol. The average Bonchev–Trinajstić information content (AvgIpc) is 2.67. The predicted octanol–water partition coefficient (Wildman–Crippen LogP) is 2.13. The van der Waals surface area contributed by atoms with Gasteiger partial charge < -0.3 is 4.90 Å². The Morgan fingerprint density at radius 3 is 2.60 bits per heavy atom. The first kappa shape index (κ1) is 8.06. The number of nitrogens with zero attached hydrogens (tertiary/aromatic N) is 1. The summed E-state index contributed by atoms with van der Waals surface area (Å²) in [5.74, 6) is 1.04. The molecule has 0 bridgehead atoms. The van der Waals surface area contributed by atoms with Gasteiger partial charge in [0.2, 0.25) is 0 Å². The number of rotatable bonds is 4. The van der Waals surface area contributed by atoms with Crippen LogP contribution in [0.4, 0.5) is 0 Å². The molecule has 10 heavy (non-hydrogen) atoms. The second-order valence-electron chi connectivity index (χ2n) is 3.43. The molecular formula is C9H19N. The lowest BCUT2D eigenvalue weighted by atomic mass is 10.2. The Labute approximate surface area is 64.4 Å². The van der Waals surface area contributed by atoms with Crippen molar-refractivity contribution in [1.29, 1.82) is 0 Å². The van der Waals surface area contributed by atoms with E-state index in [1.165, 1.54) is 25.8 Å². The molecule has 0 aliphatic heterocycles. The molecule has 0 aromatic carbocycles. The molecule has 1 aliphatic carbocycles. The maximum atomic E-state index is 2.47. The minimum absolute atomic E-state index is 0.935. The van der Waals surface area contributed by atoms with Crippen LogP contribution in [0.25, 0.3) is 0 Å². The van der Waals surface area contributed by atoms with E-state index in [2.05, 4.69) is 25.8 Å². The molecule has 2 unspecified atom stereocenters. The molecule has 0 heterocycles. The standard InChI is InChI=1S/C9H19N/c1-4-6-8-7-9(8)10(3)5-2/h8-9H,4-7H2,1-3H3. The quantitative estimate of drug-likeness (QED) is 0.579. The van der Waals surface area contributed by atoms with E-state index in [4.69, 9.17) is 0 Å². The van der Waals surface area contributed by atoms with Crippen LogP contribution in [0, 0.1) is 5.92 Å². The second kappa shape index (κ2) is 3.38. The molecule has 2 atom stereocenters. The van der Waals surface area contributed by atoms with Crippen LogP contribution in [-0.2, 0) is 0 Å². The zero-order chi connectivity index (χ0) is 7.56. The highest BCUT2D eigenvalue weighted by Gasteiger charge is 2.38. The van der Waals surface area contributed by atoms with E-state index in [0.717, 1.165) is 12.0 Å². The van der Waals surface area contributed by atoms with E-state index in [9.17, 15) is 0 Å². The van der Waals surface area contributed by atoms with E-state index in [1.807, 2.05) is 0 Å². The Morgan fingerprint density at radius 2 is 2.10 bits per heavy atom. The Bertz CT molecular complexity index is 101. The highest BCUT2D eigenvalue weighted by atomic mass is 15.2. The SMILES string of the molecule is CCCC1CC1N(C)CC. The third-order valence-corrected chi connectivity index (χ3v) is 2.61. The van der Waals surface area contributed by atoms with Crippen LogP contribution in [0.15, 0.2) is 0 Å². The summed E-state index contributed by atoms with van der Waals surface area (Å²) in [5.41, 5.74) is 0. The van der Waals surface area contributed by atoms with Crippen molar-refractivity contribution >= 4 is 0 Å². The topological polar surface area (TPSA) is 3.24 Å². The van der Waals surface area contributed by atoms with E-state index in [0.29, 0.717) is 0 Å². The Hall–Kier alpha value is -0.0400. The summed E-state index contributed by atoms with van der Waals surface area (Å²) >= 11 is 0. The number of hydrogen-bond donors (Lipinski definition) is 0. The van der Waals surface area contributed by atoms with Crippen LogP contribution >= 0.6 is 0 Å². The molecule has 1 rings (SSSR count). The molecule has 1 fully saturated rings. The first-order valence-corrected chi connectivity index (χ1v) is 4.49. The van der Waals surface area contributed by atoms with Crippen molar-refractivity contribution < 1.29 is 0 Å². The van der Waals surface area contributed by atoms with Gasteiger partial charge in [-0.2, -0.15) is 0 Å². The molecule has 60 valence electrons. The van der Waals surface area contributed by atoms with Crippen molar-refractivity contribution in [2.24, 2.45) is 5.92 Å². The van der Waals surface area contributed by atoms with E-state index in [1.54, 1.807) is 0 Å². The fraction of sp³-hybridized carbons (Fsp3) is 1.00. The smallest absolute Gasteiger partial charge is 0.0124 e. The summed E-state index contributed by atoms with van der Waals surface area (Å²) < 4.78 is 0. The summed E-state index contributed by atoms with van der Waals surface area (Å²) in [5, 5.41) is 0. The van der Waals surface area contributed by atoms with Crippen molar-refractivity contribution in [2.75, 3.05) is 13.6 Å². The van der Waals surface area contributed by atoms with Crippen molar-refractivity contribution in [1.82, 2.24) is 4.90 Å². The Morgan fingerprint density at radius 1 is 1.40 bits per heavy atom. The van der Waals surface area contributed by atoms with Crippen LogP contribution in [0.5, 0.6) is 0 Å². The Balaban J connectivity index is 2.12. The lowest BCUT2D eigenvalue weighted by Gasteiger charge is -2.12. The van der Waals surface area contributed by atoms with Gasteiger partial charge in [0.15, 0.2) is 0 Å². The van der Waals surface area contributed by atoms with Gasteiger partial charge in [0.1, 0.15) is 0 Å². The van der Waals surface area contributed by atoms with Crippen molar-refractivity contribution in [3.05, 3.63) is 0 Å². The van der Waals surface area contributed by atoms with E-state index < -0.39 is 0 Å². The van der Waals surface area contributed by atoms with Gasteiger partial charge in [0.05, 0.1) is 0 Å². The molecule has 0 aromatic heterocycles. The third kappa shape index (κ3) is 1.72. The third-order valence-electron chi connectivity index (χ3n) is 2.61. The van der Waals surface area contributed by atoms with Crippen LogP contribution in [0.1, 0.15) is 33.1 Å². The lowest BCUT2D eigenvalue weighted by Crippen LogP contribution is -2.21. The molecule has 0 spiro atoms. The normalized spacial score (nSPS) is 31.2. The van der Waals surface area contributed by atoms with Crippen LogP contribution < -0.4 is 0 Å². The van der Waals surface area contributed by atoms with Gasteiger partial charge in [-0.3, -0.25) is 0 Å². The summed E-state index contributed by atoms with van der Waals surface area (Å²) in [6.45, 7) is 5.73. The second-order valence-corrected chi connectivity index (χ2v) is 3.43. The summed E-state index contributed by atoms with van der Waals surface area (Å²) in [4.78, 5) is 2.47. The first-order valence-electron chi connectivity index (χ1n) is 4.49. The molecule has 0 radical (unpaired) electrons. The molecule has 0 N–H and O–H groups in total. The minimum atomic E-state index is 0.935. The van der Waals surface area contributed by atoms with Gasteiger partial charge in [-0.25, -0.2) is 0 Å². The fourth-order valence-electron chi connectivity index (χ4n) is 1.69. The molecule has 1 aliphatic rings. The maximum Gasteiger partial charge on any atom is 0.0124 e. The van der Waals surface area contributed by atoms with Crippen LogP contribution in [0.3, 0.4) is 0 Å². The monoisotopic (exact) mass is 141 g/mol. The number of hydrogen-bond acceptors (Lipinski definition) is 1. The van der Waals surface area contributed by atoms with Gasteiger partial charge >= 0.3 is 0 Å². The molecule has 0 saturated heterocycles. The van der Waals surface area contributed by atoms with Crippen molar-refractivity contribution in [3.8, 4) is 0 Å². The predicted molar refractivity (Wildman–Crippen MR) is 45.1 cm³/mol. The zero-order valence-electron chi connectivity index (χ0n) is 7.43. The van der Waals surface area contributed by atoms with Crippen LogP contribution in [0.2, 0.25) is 0 Å². The van der Waals surface area contributed by atoms with E-state index >= 15 is 0 Å². The molecular weight excluding hydrogens is 122 g/mol. The highest BCUT2D eigenvalue weighted by Crippen LogP contribution is 2.38. The first-order chi connectivity index (χ1) is 4.79. The summed E-state index contributed by atoms with van der Waals surface area (Å²) in [7, 11) is 2.24. The molecule has 1 nitrogen and oxygen atoms in total. The van der Waals surface area contributed by atoms with Gasteiger partial charge in [0, 0.05) is 6.04 Å². The molecule has 1 saturated carbocycles. The van der Waals surface area contributed by atoms with Gasteiger partial charge in [-0.15, -0.1) is 0 Å². The van der Waals surface area contributed by atoms with Gasteiger partial charge in [0.25, 0.3) is 0 Å². The largest absolute Gasteiger partial charge is 0.303 e. The molecule has 0 amide bonds. The lowest BCUT2D eigenvalue weighted by molar-refractivity contribution is 0.322. The maximum absolute atomic E-state index is 2.47. The van der Waals surface area contributed by atoms with Crippen molar-refractivity contribution in [2.45, 2.75) is 39.2 Å². The minimum Gasteiger partial charge on any atom is -0.303 e. The van der Waals surface area contributed by atoms with Crippen molar-refractivity contribution in [3.63, 3.8) is 0 Å². The Kier molecular flexibility index (Phi) is 2.72. The summed E-state index contributed by atoms with van der Waals surface area (Å²) in [6, 6.07) is 0.935. The van der Waals surface area contributed by atoms with Gasteiger partial charge in [-0.05, 0) is 32.4 Å². The molecule has 1 heteroatoms. The summed E-state index contributed by atoms with van der Waals surface area (Å²) in [6.07, 6.45) is 4.26. The highest BCUT2D eigenvalue weighted by molar-refractivity contribution is 4.92. The van der Waals surface area contributed by atoms with E-state index in [-0.39, 0.29) is 0 Å².